The minimum atomic E-state index is 0.0862. The first-order valence-corrected chi connectivity index (χ1v) is 6.08. The van der Waals surface area contributed by atoms with Crippen LogP contribution in [0.4, 0.5) is 0 Å². The summed E-state index contributed by atoms with van der Waals surface area (Å²) in [5.74, 6) is 1.09. The molecule has 1 aliphatic heterocycles. The SMILES string of the molecule is CC(C)C1CC(=O)C(C2=NCCC2)=C(O)C1. The first kappa shape index (κ1) is 11.4. The fourth-order valence-electron chi connectivity index (χ4n) is 2.47. The Bertz CT molecular complexity index is 366. The monoisotopic (exact) mass is 221 g/mol. The largest absolute Gasteiger partial charge is 0.511 e. The van der Waals surface area contributed by atoms with E-state index in [0.29, 0.717) is 30.3 Å². The van der Waals surface area contributed by atoms with Gasteiger partial charge in [0.15, 0.2) is 5.78 Å². The Morgan fingerprint density at radius 3 is 2.62 bits per heavy atom. The van der Waals surface area contributed by atoms with Gasteiger partial charge in [-0.1, -0.05) is 13.8 Å². The first-order chi connectivity index (χ1) is 7.59. The van der Waals surface area contributed by atoms with Crippen molar-refractivity contribution in [2.45, 2.75) is 39.5 Å². The van der Waals surface area contributed by atoms with Crippen molar-refractivity contribution in [3.8, 4) is 0 Å². The van der Waals surface area contributed by atoms with Crippen molar-refractivity contribution in [2.24, 2.45) is 16.8 Å². The fourth-order valence-corrected chi connectivity index (χ4v) is 2.47. The van der Waals surface area contributed by atoms with E-state index in [0.717, 1.165) is 25.1 Å². The molecule has 1 atom stereocenters. The molecule has 0 fully saturated rings. The van der Waals surface area contributed by atoms with Gasteiger partial charge in [0, 0.05) is 25.1 Å². The Hall–Kier alpha value is -1.12. The highest BCUT2D eigenvalue weighted by molar-refractivity contribution is 6.23. The quantitative estimate of drug-likeness (QED) is 0.779. The average molecular weight is 221 g/mol. The molecule has 1 unspecified atom stereocenters. The predicted octanol–water partition coefficient (Wildman–Crippen LogP) is 2.67. The van der Waals surface area contributed by atoms with Gasteiger partial charge >= 0.3 is 0 Å². The van der Waals surface area contributed by atoms with Gasteiger partial charge in [0.2, 0.25) is 0 Å². The molecule has 0 saturated heterocycles. The maximum Gasteiger partial charge on any atom is 0.168 e. The number of carbonyl (C=O) groups excluding carboxylic acids is 1. The van der Waals surface area contributed by atoms with Gasteiger partial charge in [-0.15, -0.1) is 0 Å². The Labute approximate surface area is 96.3 Å². The van der Waals surface area contributed by atoms with Gasteiger partial charge < -0.3 is 5.11 Å². The van der Waals surface area contributed by atoms with Crippen molar-refractivity contribution in [2.75, 3.05) is 6.54 Å². The van der Waals surface area contributed by atoms with Crippen LogP contribution < -0.4 is 0 Å². The highest BCUT2D eigenvalue weighted by Gasteiger charge is 2.32. The Morgan fingerprint density at radius 1 is 1.38 bits per heavy atom. The van der Waals surface area contributed by atoms with E-state index in [9.17, 15) is 9.90 Å². The van der Waals surface area contributed by atoms with Crippen LogP contribution in [0, 0.1) is 11.8 Å². The number of allylic oxidation sites excluding steroid dienone is 2. The summed E-state index contributed by atoms with van der Waals surface area (Å²) in [7, 11) is 0. The summed E-state index contributed by atoms with van der Waals surface area (Å²) < 4.78 is 0. The zero-order valence-corrected chi connectivity index (χ0v) is 9.99. The summed E-state index contributed by atoms with van der Waals surface area (Å²) in [6.45, 7) is 5.00. The van der Waals surface area contributed by atoms with Crippen molar-refractivity contribution in [3.63, 3.8) is 0 Å². The number of aliphatic imine (C=N–C) groups is 1. The van der Waals surface area contributed by atoms with E-state index >= 15 is 0 Å². The number of carbonyl (C=O) groups is 1. The molecule has 0 aromatic carbocycles. The van der Waals surface area contributed by atoms with Crippen LogP contribution in [-0.2, 0) is 4.79 Å². The molecule has 3 nitrogen and oxygen atoms in total. The third-order valence-corrected chi connectivity index (χ3v) is 3.58. The highest BCUT2D eigenvalue weighted by Crippen LogP contribution is 2.32. The highest BCUT2D eigenvalue weighted by atomic mass is 16.3. The maximum absolute atomic E-state index is 12.0. The summed E-state index contributed by atoms with van der Waals surface area (Å²) in [6, 6.07) is 0. The van der Waals surface area contributed by atoms with E-state index in [2.05, 4.69) is 18.8 Å². The van der Waals surface area contributed by atoms with Crippen LogP contribution in [0.1, 0.15) is 39.5 Å². The third kappa shape index (κ3) is 2.04. The molecule has 0 radical (unpaired) electrons. The molecule has 2 rings (SSSR count). The Morgan fingerprint density at radius 2 is 2.12 bits per heavy atom. The van der Waals surface area contributed by atoms with Gasteiger partial charge in [0.25, 0.3) is 0 Å². The summed E-state index contributed by atoms with van der Waals surface area (Å²) in [5.41, 5.74) is 1.37. The minimum Gasteiger partial charge on any atom is -0.511 e. The van der Waals surface area contributed by atoms with E-state index in [1.54, 1.807) is 0 Å². The summed E-state index contributed by atoms with van der Waals surface area (Å²) >= 11 is 0. The lowest BCUT2D eigenvalue weighted by Crippen LogP contribution is -2.26. The summed E-state index contributed by atoms with van der Waals surface area (Å²) in [5, 5.41) is 10.00. The van der Waals surface area contributed by atoms with E-state index in [1.165, 1.54) is 0 Å². The molecule has 88 valence electrons. The van der Waals surface area contributed by atoms with Gasteiger partial charge in [0.1, 0.15) is 5.76 Å². The first-order valence-electron chi connectivity index (χ1n) is 6.08. The molecule has 0 saturated carbocycles. The van der Waals surface area contributed by atoms with Gasteiger partial charge in [0.05, 0.1) is 5.57 Å². The molecule has 1 aliphatic carbocycles. The van der Waals surface area contributed by atoms with Gasteiger partial charge in [-0.05, 0) is 24.7 Å². The zero-order chi connectivity index (χ0) is 11.7. The van der Waals surface area contributed by atoms with Gasteiger partial charge in [-0.2, -0.15) is 0 Å². The van der Waals surface area contributed by atoms with Crippen LogP contribution in [0.2, 0.25) is 0 Å². The zero-order valence-electron chi connectivity index (χ0n) is 9.99. The third-order valence-electron chi connectivity index (χ3n) is 3.58. The van der Waals surface area contributed by atoms with Crippen molar-refractivity contribution in [3.05, 3.63) is 11.3 Å². The number of Topliss-reactive ketones (excluding diaryl/α,β-unsaturated/α-hetero) is 1. The van der Waals surface area contributed by atoms with E-state index in [-0.39, 0.29) is 11.5 Å². The Kier molecular flexibility index (Phi) is 3.13. The van der Waals surface area contributed by atoms with E-state index in [1.807, 2.05) is 0 Å². The molecule has 0 aromatic rings. The van der Waals surface area contributed by atoms with Crippen LogP contribution in [-0.4, -0.2) is 23.1 Å². The number of ketones is 1. The van der Waals surface area contributed by atoms with Crippen LogP contribution in [0.5, 0.6) is 0 Å². The standard InChI is InChI=1S/C13H19NO2/c1-8(2)9-6-11(15)13(12(16)7-9)10-4-3-5-14-10/h8-9,15H,3-7H2,1-2H3. The number of nitrogens with zero attached hydrogens (tertiary/aromatic N) is 1. The van der Waals surface area contributed by atoms with Crippen LogP contribution >= 0.6 is 0 Å². The molecule has 1 N–H and O–H groups in total. The number of hydrogen-bond acceptors (Lipinski definition) is 3. The fraction of sp³-hybridized carbons (Fsp3) is 0.692. The maximum atomic E-state index is 12.0. The second kappa shape index (κ2) is 4.40. The molecule has 0 amide bonds. The van der Waals surface area contributed by atoms with Gasteiger partial charge in [-0.25, -0.2) is 0 Å². The van der Waals surface area contributed by atoms with Gasteiger partial charge in [-0.3, -0.25) is 9.79 Å². The average Bonchev–Trinajstić information content (AvgIpc) is 2.69. The molecule has 0 aromatic heterocycles. The van der Waals surface area contributed by atoms with E-state index in [4.69, 9.17) is 0 Å². The molecular formula is C13H19NO2. The van der Waals surface area contributed by atoms with Crippen molar-refractivity contribution in [1.82, 2.24) is 0 Å². The van der Waals surface area contributed by atoms with Crippen molar-refractivity contribution >= 4 is 11.5 Å². The molecule has 1 heterocycles. The summed E-state index contributed by atoms with van der Waals surface area (Å²) in [4.78, 5) is 16.3. The Balaban J connectivity index is 2.24. The van der Waals surface area contributed by atoms with Crippen LogP contribution in [0.3, 0.4) is 0 Å². The minimum absolute atomic E-state index is 0.0862. The molecule has 16 heavy (non-hydrogen) atoms. The molecule has 0 bridgehead atoms. The number of aliphatic hydroxyl groups is 1. The van der Waals surface area contributed by atoms with Crippen molar-refractivity contribution in [1.29, 1.82) is 0 Å². The molecule has 2 aliphatic rings. The van der Waals surface area contributed by atoms with Crippen LogP contribution in [0.25, 0.3) is 0 Å². The topological polar surface area (TPSA) is 49.7 Å². The number of rotatable bonds is 2. The normalized spacial score (nSPS) is 26.6. The molecule has 0 spiro atoms. The van der Waals surface area contributed by atoms with Crippen molar-refractivity contribution < 1.29 is 9.90 Å². The predicted molar refractivity (Wildman–Crippen MR) is 63.8 cm³/mol. The number of hydrogen-bond donors (Lipinski definition) is 1. The molecular weight excluding hydrogens is 202 g/mol. The second-order valence-electron chi connectivity index (χ2n) is 5.09. The lowest BCUT2D eigenvalue weighted by Gasteiger charge is -2.26. The lowest BCUT2D eigenvalue weighted by atomic mass is 9.79. The van der Waals surface area contributed by atoms with Crippen LogP contribution in [0.15, 0.2) is 16.3 Å². The summed E-state index contributed by atoms with van der Waals surface area (Å²) in [6.07, 6.45) is 3.05. The molecule has 3 heteroatoms. The second-order valence-corrected chi connectivity index (χ2v) is 5.09. The number of aliphatic hydroxyl groups excluding tert-OH is 1. The lowest BCUT2D eigenvalue weighted by molar-refractivity contribution is -0.117. The smallest absolute Gasteiger partial charge is 0.168 e. The van der Waals surface area contributed by atoms with E-state index < -0.39 is 0 Å².